The number of hydrogen-bond donors (Lipinski definition) is 1. The van der Waals surface area contributed by atoms with Gasteiger partial charge in [-0.15, -0.1) is 11.3 Å². The summed E-state index contributed by atoms with van der Waals surface area (Å²) in [6.07, 6.45) is 0.196. The van der Waals surface area contributed by atoms with Crippen LogP contribution >= 0.6 is 11.3 Å². The molecule has 2 unspecified atom stereocenters. The maximum atomic E-state index is 6.04. The van der Waals surface area contributed by atoms with Crippen molar-refractivity contribution in [2.24, 2.45) is 0 Å². The summed E-state index contributed by atoms with van der Waals surface area (Å²) in [7, 11) is 0. The molecule has 3 rings (SSSR count). The fourth-order valence-corrected chi connectivity index (χ4v) is 3.12. The van der Waals surface area contributed by atoms with Crippen molar-refractivity contribution in [1.82, 2.24) is 5.32 Å². The Labute approximate surface area is 112 Å². The van der Waals surface area contributed by atoms with Crippen LogP contribution in [-0.4, -0.2) is 13.2 Å². The number of benzene rings is 1. The first-order valence-electron chi connectivity index (χ1n) is 6.23. The van der Waals surface area contributed by atoms with Crippen LogP contribution in [0.5, 0.6) is 0 Å². The van der Waals surface area contributed by atoms with Gasteiger partial charge in [0.2, 0.25) is 0 Å². The molecule has 1 N–H and O–H groups in total. The van der Waals surface area contributed by atoms with Gasteiger partial charge in [0.1, 0.15) is 6.10 Å². The summed E-state index contributed by atoms with van der Waals surface area (Å²) in [5, 5.41) is 5.73. The molecule has 0 bridgehead atoms. The number of rotatable bonds is 2. The molecule has 0 aliphatic carbocycles. The second-order valence-electron chi connectivity index (χ2n) is 4.89. The van der Waals surface area contributed by atoms with Gasteiger partial charge in [0, 0.05) is 11.4 Å². The van der Waals surface area contributed by atoms with Crippen molar-refractivity contribution in [2.45, 2.75) is 18.6 Å². The Morgan fingerprint density at radius 2 is 2.06 bits per heavy atom. The molecule has 2 nitrogen and oxygen atoms in total. The lowest BCUT2D eigenvalue weighted by Gasteiger charge is -2.38. The summed E-state index contributed by atoms with van der Waals surface area (Å²) in [5.41, 5.74) is 1.21. The van der Waals surface area contributed by atoms with Gasteiger partial charge in [-0.25, -0.2) is 0 Å². The van der Waals surface area contributed by atoms with E-state index in [1.54, 1.807) is 11.3 Å². The molecule has 0 saturated carbocycles. The summed E-state index contributed by atoms with van der Waals surface area (Å²) in [6.45, 7) is 3.78. The molecule has 1 aromatic carbocycles. The topological polar surface area (TPSA) is 21.3 Å². The van der Waals surface area contributed by atoms with Crippen LogP contribution in [0.15, 0.2) is 47.8 Å². The van der Waals surface area contributed by atoms with Crippen molar-refractivity contribution >= 4 is 11.3 Å². The van der Waals surface area contributed by atoms with Gasteiger partial charge in [0.15, 0.2) is 0 Å². The average Bonchev–Trinajstić information content (AvgIpc) is 2.95. The van der Waals surface area contributed by atoms with E-state index in [-0.39, 0.29) is 11.6 Å². The second kappa shape index (κ2) is 4.84. The van der Waals surface area contributed by atoms with Crippen LogP contribution in [0.1, 0.15) is 23.5 Å². The highest BCUT2D eigenvalue weighted by Crippen LogP contribution is 2.31. The Morgan fingerprint density at radius 1 is 1.22 bits per heavy atom. The number of hydrogen-bond acceptors (Lipinski definition) is 3. The predicted molar refractivity (Wildman–Crippen MR) is 74.8 cm³/mol. The first-order chi connectivity index (χ1) is 8.78. The van der Waals surface area contributed by atoms with Gasteiger partial charge < -0.3 is 10.1 Å². The molecule has 18 heavy (non-hydrogen) atoms. The SMILES string of the molecule is CC1(c2ccccc2)COC(c2cccs2)CN1. The normalized spacial score (nSPS) is 28.2. The summed E-state index contributed by atoms with van der Waals surface area (Å²) < 4.78 is 6.04. The monoisotopic (exact) mass is 259 g/mol. The third-order valence-electron chi connectivity index (χ3n) is 3.52. The molecule has 0 amide bonds. The minimum Gasteiger partial charge on any atom is -0.369 e. The number of nitrogens with one attached hydrogen (secondary N) is 1. The van der Waals surface area contributed by atoms with E-state index in [0.717, 1.165) is 6.54 Å². The molecular formula is C15H17NOS. The van der Waals surface area contributed by atoms with E-state index < -0.39 is 0 Å². The molecule has 0 spiro atoms. The maximum absolute atomic E-state index is 6.04. The molecule has 1 aliphatic rings. The summed E-state index contributed by atoms with van der Waals surface area (Å²) in [5.74, 6) is 0. The van der Waals surface area contributed by atoms with Crippen molar-refractivity contribution in [3.05, 3.63) is 58.3 Å². The van der Waals surface area contributed by atoms with E-state index in [9.17, 15) is 0 Å². The van der Waals surface area contributed by atoms with Gasteiger partial charge in [0.05, 0.1) is 12.1 Å². The third kappa shape index (κ3) is 2.21. The minimum absolute atomic E-state index is 0.0744. The zero-order valence-corrected chi connectivity index (χ0v) is 11.2. The van der Waals surface area contributed by atoms with Crippen LogP contribution in [-0.2, 0) is 10.3 Å². The van der Waals surface area contributed by atoms with Crippen molar-refractivity contribution in [2.75, 3.05) is 13.2 Å². The lowest BCUT2D eigenvalue weighted by Crippen LogP contribution is -2.50. The molecule has 2 heterocycles. The second-order valence-corrected chi connectivity index (χ2v) is 5.87. The molecule has 1 fully saturated rings. The highest BCUT2D eigenvalue weighted by atomic mass is 32.1. The molecular weight excluding hydrogens is 242 g/mol. The van der Waals surface area contributed by atoms with E-state index in [1.165, 1.54) is 10.4 Å². The zero-order chi connectivity index (χ0) is 12.4. The zero-order valence-electron chi connectivity index (χ0n) is 10.4. The van der Waals surface area contributed by atoms with E-state index in [1.807, 2.05) is 6.07 Å². The summed E-state index contributed by atoms with van der Waals surface area (Å²) >= 11 is 1.76. The molecule has 94 valence electrons. The Hall–Kier alpha value is -1.16. The fraction of sp³-hybridized carbons (Fsp3) is 0.333. The van der Waals surface area contributed by atoms with E-state index in [4.69, 9.17) is 4.74 Å². The van der Waals surface area contributed by atoms with Gasteiger partial charge >= 0.3 is 0 Å². The molecule has 1 aliphatic heterocycles. The van der Waals surface area contributed by atoms with E-state index >= 15 is 0 Å². The van der Waals surface area contributed by atoms with Crippen LogP contribution in [0.4, 0.5) is 0 Å². The predicted octanol–water partition coefficient (Wildman–Crippen LogP) is 3.32. The van der Waals surface area contributed by atoms with Crippen LogP contribution in [0.25, 0.3) is 0 Å². The fourth-order valence-electron chi connectivity index (χ4n) is 2.34. The van der Waals surface area contributed by atoms with Crippen molar-refractivity contribution in [1.29, 1.82) is 0 Å². The Morgan fingerprint density at radius 3 is 2.67 bits per heavy atom. The molecule has 3 heteroatoms. The van der Waals surface area contributed by atoms with E-state index in [2.05, 4.69) is 54.0 Å². The molecule has 1 aromatic heterocycles. The standard InChI is InChI=1S/C15H17NOS/c1-15(12-6-3-2-4-7-12)11-17-13(10-16-15)14-8-5-9-18-14/h2-9,13,16H,10-11H2,1H3. The largest absolute Gasteiger partial charge is 0.369 e. The van der Waals surface area contributed by atoms with Gasteiger partial charge in [-0.1, -0.05) is 36.4 Å². The smallest absolute Gasteiger partial charge is 0.104 e. The number of ether oxygens (including phenoxy) is 1. The Kier molecular flexibility index (Phi) is 3.20. The van der Waals surface area contributed by atoms with Crippen molar-refractivity contribution in [3.63, 3.8) is 0 Å². The third-order valence-corrected chi connectivity index (χ3v) is 4.49. The van der Waals surface area contributed by atoms with Crippen molar-refractivity contribution < 1.29 is 4.74 Å². The number of thiophene rings is 1. The highest BCUT2D eigenvalue weighted by Gasteiger charge is 2.33. The quantitative estimate of drug-likeness (QED) is 0.893. The summed E-state index contributed by atoms with van der Waals surface area (Å²) in [6, 6.07) is 14.7. The molecule has 2 aromatic rings. The van der Waals surface area contributed by atoms with Gasteiger partial charge in [0.25, 0.3) is 0 Å². The lowest BCUT2D eigenvalue weighted by molar-refractivity contribution is -0.0290. The molecule has 2 atom stereocenters. The number of morpholine rings is 1. The Bertz CT molecular complexity index is 486. The highest BCUT2D eigenvalue weighted by molar-refractivity contribution is 7.10. The van der Waals surface area contributed by atoms with Crippen molar-refractivity contribution in [3.8, 4) is 0 Å². The Balaban J connectivity index is 1.73. The molecule has 0 radical (unpaired) electrons. The summed E-state index contributed by atoms with van der Waals surface area (Å²) in [4.78, 5) is 1.30. The van der Waals surface area contributed by atoms with E-state index in [0.29, 0.717) is 6.61 Å². The van der Waals surface area contributed by atoms with Crippen LogP contribution < -0.4 is 5.32 Å². The van der Waals surface area contributed by atoms with Crippen LogP contribution in [0.2, 0.25) is 0 Å². The first kappa shape index (κ1) is 11.9. The van der Waals surface area contributed by atoms with Gasteiger partial charge in [-0.05, 0) is 23.9 Å². The lowest BCUT2D eigenvalue weighted by atomic mass is 9.91. The average molecular weight is 259 g/mol. The van der Waals surface area contributed by atoms with Gasteiger partial charge in [-0.2, -0.15) is 0 Å². The maximum Gasteiger partial charge on any atom is 0.104 e. The molecule has 1 saturated heterocycles. The van der Waals surface area contributed by atoms with Gasteiger partial charge in [-0.3, -0.25) is 0 Å². The van der Waals surface area contributed by atoms with Crippen LogP contribution in [0.3, 0.4) is 0 Å². The van der Waals surface area contributed by atoms with Crippen LogP contribution in [0, 0.1) is 0 Å². The minimum atomic E-state index is -0.0744. The first-order valence-corrected chi connectivity index (χ1v) is 7.11.